The highest BCUT2D eigenvalue weighted by molar-refractivity contribution is 5.87. The minimum Gasteiger partial charge on any atom is -0.353 e. The molecule has 1 fully saturated rings. The quantitative estimate of drug-likeness (QED) is 0.600. The van der Waals surface area contributed by atoms with Crippen LogP contribution >= 0.6 is 0 Å². The van der Waals surface area contributed by atoms with Gasteiger partial charge in [-0.15, -0.1) is 6.42 Å². The molecule has 0 bridgehead atoms. The van der Waals surface area contributed by atoms with E-state index < -0.39 is 5.54 Å². The third kappa shape index (κ3) is 2.74. The van der Waals surface area contributed by atoms with Crippen LogP contribution in [0.4, 0.5) is 0 Å². The van der Waals surface area contributed by atoms with Crippen molar-refractivity contribution in [2.75, 3.05) is 26.2 Å². The van der Waals surface area contributed by atoms with Gasteiger partial charge in [0.2, 0.25) is 11.8 Å². The number of hydrogen-bond acceptors (Lipinski definition) is 3. The molecule has 0 spiro atoms. The van der Waals surface area contributed by atoms with Gasteiger partial charge in [-0.05, 0) is 13.8 Å². The Hall–Kier alpha value is -1.54. The van der Waals surface area contributed by atoms with E-state index in [2.05, 4.69) is 16.6 Å². The van der Waals surface area contributed by atoms with E-state index in [1.165, 1.54) is 0 Å². The van der Waals surface area contributed by atoms with E-state index in [0.717, 1.165) is 0 Å². The Morgan fingerprint density at radius 3 is 3.00 bits per heavy atom. The van der Waals surface area contributed by atoms with Crippen LogP contribution in [0.3, 0.4) is 0 Å². The first kappa shape index (κ1) is 12.5. The van der Waals surface area contributed by atoms with Crippen LogP contribution in [-0.2, 0) is 9.59 Å². The molecule has 0 aromatic heterocycles. The van der Waals surface area contributed by atoms with Gasteiger partial charge in [0.1, 0.15) is 0 Å². The second-order valence-electron chi connectivity index (χ2n) is 4.22. The van der Waals surface area contributed by atoms with Crippen LogP contribution in [0.5, 0.6) is 0 Å². The summed E-state index contributed by atoms with van der Waals surface area (Å²) in [5, 5.41) is 5.36. The molecule has 0 atom stereocenters. The lowest BCUT2D eigenvalue weighted by Gasteiger charge is -2.40. The standard InChI is InChI=1S/C11H17N3O2/c1-4-5-12-9(15)8-14-7-6-13-10(16)11(14,2)3/h1H,5-8H2,2-3H3,(H,12,15)(H,13,16). The first-order valence-electron chi connectivity index (χ1n) is 5.22. The van der Waals surface area contributed by atoms with Crippen molar-refractivity contribution in [1.82, 2.24) is 15.5 Å². The van der Waals surface area contributed by atoms with Gasteiger partial charge in [-0.2, -0.15) is 0 Å². The van der Waals surface area contributed by atoms with Crippen LogP contribution in [0.1, 0.15) is 13.8 Å². The fourth-order valence-electron chi connectivity index (χ4n) is 1.60. The van der Waals surface area contributed by atoms with Crippen molar-refractivity contribution < 1.29 is 9.59 Å². The number of terminal acetylenes is 1. The van der Waals surface area contributed by atoms with Gasteiger partial charge in [0, 0.05) is 13.1 Å². The van der Waals surface area contributed by atoms with Gasteiger partial charge in [0.15, 0.2) is 0 Å². The molecule has 1 saturated heterocycles. The van der Waals surface area contributed by atoms with Gasteiger partial charge in [-0.25, -0.2) is 0 Å². The van der Waals surface area contributed by atoms with Crippen LogP contribution in [0.15, 0.2) is 0 Å². The Kier molecular flexibility index (Phi) is 3.91. The first-order chi connectivity index (χ1) is 7.48. The molecule has 1 heterocycles. The highest BCUT2D eigenvalue weighted by Gasteiger charge is 2.38. The number of amides is 2. The molecule has 1 rings (SSSR count). The molecule has 0 aliphatic carbocycles. The fourth-order valence-corrected chi connectivity index (χ4v) is 1.60. The smallest absolute Gasteiger partial charge is 0.240 e. The Morgan fingerprint density at radius 1 is 1.69 bits per heavy atom. The Labute approximate surface area is 95.6 Å². The van der Waals surface area contributed by atoms with Crippen LogP contribution in [-0.4, -0.2) is 48.4 Å². The second-order valence-corrected chi connectivity index (χ2v) is 4.22. The van der Waals surface area contributed by atoms with Crippen molar-refractivity contribution in [3.63, 3.8) is 0 Å². The Balaban J connectivity index is 2.56. The molecule has 2 N–H and O–H groups in total. The average Bonchev–Trinajstić information content (AvgIpc) is 2.22. The van der Waals surface area contributed by atoms with Crippen molar-refractivity contribution in [3.8, 4) is 12.3 Å². The van der Waals surface area contributed by atoms with E-state index in [9.17, 15) is 9.59 Å². The zero-order valence-corrected chi connectivity index (χ0v) is 9.67. The average molecular weight is 223 g/mol. The third-order valence-corrected chi connectivity index (χ3v) is 2.74. The molecular formula is C11H17N3O2. The Morgan fingerprint density at radius 2 is 2.38 bits per heavy atom. The summed E-state index contributed by atoms with van der Waals surface area (Å²) in [6, 6.07) is 0. The van der Waals surface area contributed by atoms with E-state index in [4.69, 9.17) is 6.42 Å². The van der Waals surface area contributed by atoms with E-state index >= 15 is 0 Å². The zero-order chi connectivity index (χ0) is 12.2. The van der Waals surface area contributed by atoms with E-state index in [1.807, 2.05) is 4.90 Å². The summed E-state index contributed by atoms with van der Waals surface area (Å²) in [6.45, 7) is 5.26. The van der Waals surface area contributed by atoms with Crippen molar-refractivity contribution >= 4 is 11.8 Å². The monoisotopic (exact) mass is 223 g/mol. The molecule has 2 amide bonds. The van der Waals surface area contributed by atoms with Gasteiger partial charge in [-0.3, -0.25) is 14.5 Å². The van der Waals surface area contributed by atoms with Gasteiger partial charge in [-0.1, -0.05) is 5.92 Å². The van der Waals surface area contributed by atoms with E-state index in [-0.39, 0.29) is 24.9 Å². The summed E-state index contributed by atoms with van der Waals surface area (Å²) in [7, 11) is 0. The number of nitrogens with one attached hydrogen (secondary N) is 2. The number of hydrogen-bond donors (Lipinski definition) is 2. The topological polar surface area (TPSA) is 61.4 Å². The van der Waals surface area contributed by atoms with Crippen LogP contribution in [0, 0.1) is 12.3 Å². The van der Waals surface area contributed by atoms with Crippen molar-refractivity contribution in [2.45, 2.75) is 19.4 Å². The molecule has 88 valence electrons. The summed E-state index contributed by atoms with van der Waals surface area (Å²) in [4.78, 5) is 24.9. The summed E-state index contributed by atoms with van der Waals surface area (Å²) < 4.78 is 0. The second kappa shape index (κ2) is 4.99. The summed E-state index contributed by atoms with van der Waals surface area (Å²) in [5.74, 6) is 2.13. The largest absolute Gasteiger partial charge is 0.353 e. The maximum atomic E-state index is 11.6. The van der Waals surface area contributed by atoms with Crippen molar-refractivity contribution in [3.05, 3.63) is 0 Å². The molecule has 0 aromatic carbocycles. The lowest BCUT2D eigenvalue weighted by Crippen LogP contribution is -2.63. The van der Waals surface area contributed by atoms with Crippen molar-refractivity contribution in [2.24, 2.45) is 0 Å². The van der Waals surface area contributed by atoms with Crippen LogP contribution in [0.2, 0.25) is 0 Å². The van der Waals surface area contributed by atoms with Gasteiger partial charge in [0.25, 0.3) is 0 Å². The molecule has 5 nitrogen and oxygen atoms in total. The lowest BCUT2D eigenvalue weighted by atomic mass is 9.99. The lowest BCUT2D eigenvalue weighted by molar-refractivity contribution is -0.137. The zero-order valence-electron chi connectivity index (χ0n) is 9.67. The Bertz CT molecular complexity index is 331. The molecule has 5 heteroatoms. The van der Waals surface area contributed by atoms with Crippen LogP contribution in [0.25, 0.3) is 0 Å². The molecule has 0 aromatic rings. The number of carbonyl (C=O) groups excluding carboxylic acids is 2. The highest BCUT2D eigenvalue weighted by atomic mass is 16.2. The first-order valence-corrected chi connectivity index (χ1v) is 5.22. The molecule has 0 unspecified atom stereocenters. The molecular weight excluding hydrogens is 206 g/mol. The number of carbonyl (C=O) groups is 2. The number of rotatable bonds is 3. The van der Waals surface area contributed by atoms with Crippen LogP contribution < -0.4 is 10.6 Å². The predicted molar refractivity (Wildman–Crippen MR) is 60.5 cm³/mol. The predicted octanol–water partition coefficient (Wildman–Crippen LogP) is -1.05. The minimum atomic E-state index is -0.647. The van der Waals surface area contributed by atoms with E-state index in [0.29, 0.717) is 13.1 Å². The molecule has 1 aliphatic rings. The number of nitrogens with zero attached hydrogens (tertiary/aromatic N) is 1. The molecule has 0 saturated carbocycles. The highest BCUT2D eigenvalue weighted by Crippen LogP contribution is 2.16. The molecule has 1 aliphatic heterocycles. The van der Waals surface area contributed by atoms with Crippen molar-refractivity contribution in [1.29, 1.82) is 0 Å². The number of piperazine rings is 1. The minimum absolute atomic E-state index is 0.0523. The maximum absolute atomic E-state index is 11.6. The normalized spacial score (nSPS) is 19.7. The molecule has 0 radical (unpaired) electrons. The van der Waals surface area contributed by atoms with Gasteiger partial charge >= 0.3 is 0 Å². The third-order valence-electron chi connectivity index (χ3n) is 2.74. The summed E-state index contributed by atoms with van der Waals surface area (Å²) in [6.07, 6.45) is 5.04. The fraction of sp³-hybridized carbons (Fsp3) is 0.636. The van der Waals surface area contributed by atoms with E-state index in [1.54, 1.807) is 13.8 Å². The summed E-state index contributed by atoms with van der Waals surface area (Å²) in [5.41, 5.74) is -0.647. The van der Waals surface area contributed by atoms with Gasteiger partial charge < -0.3 is 10.6 Å². The SMILES string of the molecule is C#CCNC(=O)CN1CCNC(=O)C1(C)C. The maximum Gasteiger partial charge on any atom is 0.240 e. The summed E-state index contributed by atoms with van der Waals surface area (Å²) >= 11 is 0. The molecule has 16 heavy (non-hydrogen) atoms. The van der Waals surface area contributed by atoms with Gasteiger partial charge in [0.05, 0.1) is 18.6 Å².